The molecule has 1 aromatic rings. The van der Waals surface area contributed by atoms with E-state index in [2.05, 4.69) is 31.3 Å². The molecule has 3 fully saturated rings. The van der Waals surface area contributed by atoms with E-state index in [-0.39, 0.29) is 28.9 Å². The average Bonchev–Trinajstić information content (AvgIpc) is 3.15. The maximum atomic E-state index is 12.0. The van der Waals surface area contributed by atoms with Gasteiger partial charge in [0.2, 0.25) is 5.91 Å². The second-order valence-corrected chi connectivity index (χ2v) is 9.38. The van der Waals surface area contributed by atoms with E-state index in [9.17, 15) is 4.79 Å². The quantitative estimate of drug-likeness (QED) is 0.756. The highest BCUT2D eigenvalue weighted by Crippen LogP contribution is 2.70. The fourth-order valence-electron chi connectivity index (χ4n) is 6.32. The summed E-state index contributed by atoms with van der Waals surface area (Å²) in [5.74, 6) is 2.03. The first-order valence-electron chi connectivity index (χ1n) is 10.5. The van der Waals surface area contributed by atoms with E-state index in [4.69, 9.17) is 14.2 Å². The predicted molar refractivity (Wildman–Crippen MR) is 107 cm³/mol. The number of hydrogen-bond acceptors (Lipinski definition) is 4. The molecule has 4 rings (SSSR count). The molecule has 1 heterocycles. The van der Waals surface area contributed by atoms with Crippen LogP contribution in [0.5, 0.6) is 5.75 Å². The number of benzene rings is 1. The van der Waals surface area contributed by atoms with E-state index in [1.54, 1.807) is 14.0 Å². The number of hydrogen-bond donors (Lipinski definition) is 1. The summed E-state index contributed by atoms with van der Waals surface area (Å²) in [4.78, 5) is 12.0. The molecule has 2 aliphatic carbocycles. The molecule has 2 bridgehead atoms. The molecule has 1 unspecified atom stereocenters. The molecule has 1 aliphatic heterocycles. The maximum Gasteiger partial charge on any atom is 0.217 e. The van der Waals surface area contributed by atoms with Crippen molar-refractivity contribution in [1.82, 2.24) is 5.32 Å². The normalized spacial score (nSPS) is 35.4. The Labute approximate surface area is 168 Å². The number of nitrogens with one attached hydrogen (secondary N) is 1. The van der Waals surface area contributed by atoms with Gasteiger partial charge in [-0.25, -0.2) is 0 Å². The van der Waals surface area contributed by atoms with E-state index < -0.39 is 0 Å². The minimum atomic E-state index is 0.0827. The van der Waals surface area contributed by atoms with Crippen LogP contribution in [0.4, 0.5) is 0 Å². The summed E-state index contributed by atoms with van der Waals surface area (Å²) >= 11 is 0. The molecular weight excluding hydrogens is 354 g/mol. The molecule has 2 saturated carbocycles. The van der Waals surface area contributed by atoms with Crippen molar-refractivity contribution in [3.05, 3.63) is 29.8 Å². The Morgan fingerprint density at radius 3 is 2.68 bits per heavy atom. The third kappa shape index (κ3) is 3.13. The monoisotopic (exact) mass is 387 g/mol. The number of fused-ring (bicyclic) bond motifs is 1. The van der Waals surface area contributed by atoms with Gasteiger partial charge in [0.15, 0.2) is 0 Å². The lowest BCUT2D eigenvalue weighted by molar-refractivity contribution is -0.136. The van der Waals surface area contributed by atoms with Gasteiger partial charge < -0.3 is 19.5 Å². The average molecular weight is 388 g/mol. The maximum absolute atomic E-state index is 12.0. The molecule has 5 atom stereocenters. The van der Waals surface area contributed by atoms with E-state index in [1.807, 2.05) is 12.1 Å². The van der Waals surface area contributed by atoms with E-state index in [1.165, 1.54) is 18.4 Å². The van der Waals surface area contributed by atoms with Crippen molar-refractivity contribution in [2.24, 2.45) is 22.7 Å². The lowest BCUT2D eigenvalue weighted by Crippen LogP contribution is -2.58. The van der Waals surface area contributed by atoms with Crippen LogP contribution in [0, 0.1) is 22.7 Å². The molecule has 0 aromatic heterocycles. The number of carbonyl (C=O) groups is 1. The van der Waals surface area contributed by atoms with Gasteiger partial charge in [-0.05, 0) is 59.6 Å². The standard InChI is InChI=1S/C23H33NO4/c1-15(25)24-21-22(2,3)17-13-19-20(28-10-9-23(19,21)14-17)16-5-7-18(8-6-16)27-12-11-26-4/h5-8,17,19-21H,9-14H2,1-4H3,(H,24,25)/t17-,19-,20-,21+,23?/m1/s1. The smallest absolute Gasteiger partial charge is 0.217 e. The summed E-state index contributed by atoms with van der Waals surface area (Å²) in [6, 6.07) is 8.55. The lowest BCUT2D eigenvalue weighted by atomic mass is 9.59. The fourth-order valence-corrected chi connectivity index (χ4v) is 6.32. The summed E-state index contributed by atoms with van der Waals surface area (Å²) in [6.07, 6.45) is 3.52. The Hall–Kier alpha value is -1.59. The Kier molecular flexibility index (Phi) is 5.17. The summed E-state index contributed by atoms with van der Waals surface area (Å²) in [7, 11) is 1.67. The summed E-state index contributed by atoms with van der Waals surface area (Å²) in [5.41, 5.74) is 1.51. The predicted octanol–water partition coefficient (Wildman–Crippen LogP) is 3.73. The van der Waals surface area contributed by atoms with Gasteiger partial charge in [0, 0.05) is 26.7 Å². The van der Waals surface area contributed by atoms with Crippen molar-refractivity contribution < 1.29 is 19.0 Å². The first-order chi connectivity index (χ1) is 13.4. The topological polar surface area (TPSA) is 56.8 Å². The van der Waals surface area contributed by atoms with Crippen LogP contribution in [0.15, 0.2) is 24.3 Å². The third-order valence-electron chi connectivity index (χ3n) is 7.62. The van der Waals surface area contributed by atoms with Gasteiger partial charge in [0.25, 0.3) is 0 Å². The molecule has 3 aliphatic rings. The summed E-state index contributed by atoms with van der Waals surface area (Å²) in [6.45, 7) is 8.20. The minimum absolute atomic E-state index is 0.0827. The SMILES string of the molecule is COCCOc1ccc([C@H]2OCCC34C[C@@H](C[C@H]23)C(C)(C)[C@@H]4NC(C)=O)cc1. The lowest BCUT2D eigenvalue weighted by Gasteiger charge is -2.53. The number of methoxy groups -OCH3 is 1. The van der Waals surface area contributed by atoms with Crippen LogP contribution in [0.1, 0.15) is 51.7 Å². The zero-order valence-electron chi connectivity index (χ0n) is 17.5. The van der Waals surface area contributed by atoms with Gasteiger partial charge in [-0.15, -0.1) is 0 Å². The Bertz CT molecular complexity index is 716. The first kappa shape index (κ1) is 19.7. The van der Waals surface area contributed by atoms with Crippen LogP contribution in [0.2, 0.25) is 0 Å². The van der Waals surface area contributed by atoms with E-state index in [0.717, 1.165) is 18.8 Å². The molecule has 1 amide bonds. The van der Waals surface area contributed by atoms with E-state index in [0.29, 0.717) is 25.0 Å². The summed E-state index contributed by atoms with van der Waals surface area (Å²) < 4.78 is 17.0. The molecule has 1 aromatic carbocycles. The molecule has 1 saturated heterocycles. The highest BCUT2D eigenvalue weighted by atomic mass is 16.5. The molecule has 5 heteroatoms. The number of carbonyl (C=O) groups excluding carboxylic acids is 1. The molecule has 0 radical (unpaired) electrons. The zero-order valence-corrected chi connectivity index (χ0v) is 17.5. The second-order valence-electron chi connectivity index (χ2n) is 9.38. The van der Waals surface area contributed by atoms with Crippen LogP contribution < -0.4 is 10.1 Å². The van der Waals surface area contributed by atoms with Crippen LogP contribution in [0.3, 0.4) is 0 Å². The molecule has 28 heavy (non-hydrogen) atoms. The van der Waals surface area contributed by atoms with Crippen molar-refractivity contribution in [3.63, 3.8) is 0 Å². The van der Waals surface area contributed by atoms with Crippen molar-refractivity contribution in [3.8, 4) is 5.75 Å². The summed E-state index contributed by atoms with van der Waals surface area (Å²) in [5, 5.41) is 3.34. The van der Waals surface area contributed by atoms with Gasteiger partial charge in [-0.1, -0.05) is 26.0 Å². The van der Waals surface area contributed by atoms with Gasteiger partial charge in [-0.2, -0.15) is 0 Å². The van der Waals surface area contributed by atoms with Gasteiger partial charge in [-0.3, -0.25) is 4.79 Å². The first-order valence-corrected chi connectivity index (χ1v) is 10.5. The van der Waals surface area contributed by atoms with Gasteiger partial charge in [0.05, 0.1) is 12.7 Å². The van der Waals surface area contributed by atoms with Crippen molar-refractivity contribution in [2.45, 2.75) is 52.2 Å². The van der Waals surface area contributed by atoms with Crippen LogP contribution >= 0.6 is 0 Å². The van der Waals surface area contributed by atoms with Crippen molar-refractivity contribution >= 4 is 5.91 Å². The highest BCUT2D eigenvalue weighted by molar-refractivity contribution is 5.73. The fraction of sp³-hybridized carbons (Fsp3) is 0.696. The molecule has 1 spiro atoms. The zero-order chi connectivity index (χ0) is 19.9. The Balaban J connectivity index is 1.56. The highest BCUT2D eigenvalue weighted by Gasteiger charge is 2.68. The molecule has 5 nitrogen and oxygen atoms in total. The third-order valence-corrected chi connectivity index (χ3v) is 7.62. The van der Waals surface area contributed by atoms with Crippen LogP contribution in [-0.4, -0.2) is 38.9 Å². The van der Waals surface area contributed by atoms with Crippen molar-refractivity contribution in [1.29, 1.82) is 0 Å². The van der Waals surface area contributed by atoms with Crippen LogP contribution in [0.25, 0.3) is 0 Å². The number of amides is 1. The number of ether oxygens (including phenoxy) is 3. The molecular formula is C23H33NO4. The van der Waals surface area contributed by atoms with Gasteiger partial charge >= 0.3 is 0 Å². The largest absolute Gasteiger partial charge is 0.491 e. The molecule has 1 N–H and O–H groups in total. The minimum Gasteiger partial charge on any atom is -0.491 e. The van der Waals surface area contributed by atoms with Gasteiger partial charge in [0.1, 0.15) is 12.4 Å². The second kappa shape index (κ2) is 7.34. The number of rotatable bonds is 6. The Morgan fingerprint density at radius 1 is 1.25 bits per heavy atom. The van der Waals surface area contributed by atoms with Crippen LogP contribution in [-0.2, 0) is 14.3 Å². The van der Waals surface area contributed by atoms with E-state index >= 15 is 0 Å². The molecule has 154 valence electrons. The van der Waals surface area contributed by atoms with Crippen molar-refractivity contribution in [2.75, 3.05) is 26.9 Å². The Morgan fingerprint density at radius 2 is 2.00 bits per heavy atom.